The van der Waals surface area contributed by atoms with Gasteiger partial charge in [-0.25, -0.2) is 21.9 Å². The van der Waals surface area contributed by atoms with Crippen molar-refractivity contribution in [2.45, 2.75) is 32.1 Å². The monoisotopic (exact) mass is 307 g/mol. The number of hydrogen-bond acceptors (Lipinski definition) is 3. The smallest absolute Gasteiger partial charge is 0.216 e. The molecule has 4 nitrogen and oxygen atoms in total. The summed E-state index contributed by atoms with van der Waals surface area (Å²) in [7, 11) is -3.91. The van der Waals surface area contributed by atoms with Crippen LogP contribution in [0.5, 0.6) is 0 Å². The lowest BCUT2D eigenvalue weighted by Crippen LogP contribution is -2.36. The average Bonchev–Trinajstić information content (AvgIpc) is 2.39. The van der Waals surface area contributed by atoms with E-state index in [0.717, 1.165) is 12.1 Å². The molecule has 2 N–H and O–H groups in total. The Balaban J connectivity index is 2.71. The Bertz CT molecular complexity index is 528. The summed E-state index contributed by atoms with van der Waals surface area (Å²) in [4.78, 5) is 0. The molecule has 7 heteroatoms. The maximum absolute atomic E-state index is 13.4. The van der Waals surface area contributed by atoms with Gasteiger partial charge < -0.3 is 5.11 Å². The van der Waals surface area contributed by atoms with E-state index in [4.69, 9.17) is 0 Å². The normalized spacial score (nSPS) is 15.1. The Morgan fingerprint density at radius 3 is 2.35 bits per heavy atom. The molecule has 1 aromatic rings. The zero-order chi connectivity index (χ0) is 15.3. The van der Waals surface area contributed by atoms with E-state index in [1.165, 1.54) is 6.07 Å². The van der Waals surface area contributed by atoms with Gasteiger partial charge in [0, 0.05) is 12.1 Å². The first-order valence-electron chi connectivity index (χ1n) is 6.35. The van der Waals surface area contributed by atoms with Crippen molar-refractivity contribution in [2.75, 3.05) is 6.54 Å². The molecule has 0 heterocycles. The molecular weight excluding hydrogens is 288 g/mol. The largest absolute Gasteiger partial charge is 0.391 e. The zero-order valence-corrected chi connectivity index (χ0v) is 12.3. The van der Waals surface area contributed by atoms with Crippen LogP contribution in [0.2, 0.25) is 0 Å². The number of aliphatic hydroxyl groups excluding tert-OH is 1. The molecule has 0 fully saturated rings. The zero-order valence-electron chi connectivity index (χ0n) is 11.4. The van der Waals surface area contributed by atoms with Crippen molar-refractivity contribution in [3.63, 3.8) is 0 Å². The SMILES string of the molecule is CCC(C)C(O)CNS(=O)(=O)Cc1c(F)cccc1F. The van der Waals surface area contributed by atoms with Gasteiger partial charge in [-0.3, -0.25) is 0 Å². The minimum atomic E-state index is -3.91. The van der Waals surface area contributed by atoms with Crippen molar-refractivity contribution in [1.82, 2.24) is 4.72 Å². The van der Waals surface area contributed by atoms with Crippen molar-refractivity contribution < 1.29 is 22.3 Å². The Hall–Kier alpha value is -1.05. The second-order valence-corrected chi connectivity index (χ2v) is 6.57. The first-order chi connectivity index (χ1) is 9.26. The molecule has 0 saturated heterocycles. The van der Waals surface area contributed by atoms with Crippen molar-refractivity contribution in [3.05, 3.63) is 35.4 Å². The molecule has 2 unspecified atom stereocenters. The molecule has 0 radical (unpaired) electrons. The maximum Gasteiger partial charge on any atom is 0.216 e. The number of rotatable bonds is 7. The van der Waals surface area contributed by atoms with Gasteiger partial charge in [-0.15, -0.1) is 0 Å². The number of nitrogens with one attached hydrogen (secondary N) is 1. The van der Waals surface area contributed by atoms with E-state index in [1.807, 2.05) is 6.92 Å². The summed E-state index contributed by atoms with van der Waals surface area (Å²) in [5.74, 6) is -2.67. The van der Waals surface area contributed by atoms with Crippen LogP contribution in [-0.2, 0) is 15.8 Å². The number of hydrogen-bond donors (Lipinski definition) is 2. The lowest BCUT2D eigenvalue weighted by atomic mass is 10.0. The van der Waals surface area contributed by atoms with Crippen LogP contribution in [0.4, 0.5) is 8.78 Å². The van der Waals surface area contributed by atoms with Crippen molar-refractivity contribution in [2.24, 2.45) is 5.92 Å². The summed E-state index contributed by atoms with van der Waals surface area (Å²) in [6.07, 6.45) is -0.134. The molecule has 0 amide bonds. The van der Waals surface area contributed by atoms with Crippen LogP contribution in [0.25, 0.3) is 0 Å². The van der Waals surface area contributed by atoms with Gasteiger partial charge in [-0.2, -0.15) is 0 Å². The first-order valence-corrected chi connectivity index (χ1v) is 8.00. The molecule has 20 heavy (non-hydrogen) atoms. The first kappa shape index (κ1) is 17.0. The van der Waals surface area contributed by atoms with Gasteiger partial charge in [0.05, 0.1) is 11.9 Å². The Kier molecular flexibility index (Phi) is 6.04. The quantitative estimate of drug-likeness (QED) is 0.807. The summed E-state index contributed by atoms with van der Waals surface area (Å²) in [6.45, 7) is 3.49. The topological polar surface area (TPSA) is 66.4 Å². The number of halogens is 2. The van der Waals surface area contributed by atoms with Crippen LogP contribution in [0.3, 0.4) is 0 Å². The van der Waals surface area contributed by atoms with E-state index in [1.54, 1.807) is 6.92 Å². The maximum atomic E-state index is 13.4. The molecule has 0 aliphatic rings. The second kappa shape index (κ2) is 7.10. The van der Waals surface area contributed by atoms with Gasteiger partial charge in [-0.05, 0) is 18.1 Å². The van der Waals surface area contributed by atoms with Gasteiger partial charge in [0.25, 0.3) is 0 Å². The van der Waals surface area contributed by atoms with Crippen LogP contribution in [0, 0.1) is 17.6 Å². The Morgan fingerprint density at radius 2 is 1.85 bits per heavy atom. The predicted octanol–water partition coefficient (Wildman–Crippen LogP) is 1.79. The summed E-state index contributed by atoms with van der Waals surface area (Å²) in [6, 6.07) is 3.17. The number of benzene rings is 1. The average molecular weight is 307 g/mol. The minimum Gasteiger partial charge on any atom is -0.391 e. The lowest BCUT2D eigenvalue weighted by molar-refractivity contribution is 0.118. The summed E-state index contributed by atoms with van der Waals surface area (Å²) < 4.78 is 52.5. The van der Waals surface area contributed by atoms with E-state index in [9.17, 15) is 22.3 Å². The molecule has 1 aromatic carbocycles. The van der Waals surface area contributed by atoms with Crippen LogP contribution in [-0.4, -0.2) is 26.2 Å². The third kappa shape index (κ3) is 4.81. The summed E-state index contributed by atoms with van der Waals surface area (Å²) >= 11 is 0. The molecule has 0 spiro atoms. The molecule has 1 rings (SSSR count). The highest BCUT2D eigenvalue weighted by atomic mass is 32.2. The standard InChI is InChI=1S/C13H19F2NO3S/c1-3-9(2)13(17)7-16-20(18,19)8-10-11(14)5-4-6-12(10)15/h4-6,9,13,16-17H,3,7-8H2,1-2H3. The van der Waals surface area contributed by atoms with Gasteiger partial charge in [0.1, 0.15) is 11.6 Å². The summed E-state index contributed by atoms with van der Waals surface area (Å²) in [5, 5.41) is 9.68. The minimum absolute atomic E-state index is 0.0668. The van der Waals surface area contributed by atoms with E-state index in [-0.39, 0.29) is 12.5 Å². The van der Waals surface area contributed by atoms with Crippen LogP contribution < -0.4 is 4.72 Å². The highest BCUT2D eigenvalue weighted by Gasteiger charge is 2.20. The van der Waals surface area contributed by atoms with Crippen LogP contribution in [0.1, 0.15) is 25.8 Å². The van der Waals surface area contributed by atoms with E-state index in [2.05, 4.69) is 4.72 Å². The summed E-state index contributed by atoms with van der Waals surface area (Å²) in [5.41, 5.74) is -0.502. The molecule has 0 bridgehead atoms. The molecule has 0 aromatic heterocycles. The van der Waals surface area contributed by atoms with E-state index >= 15 is 0 Å². The van der Waals surface area contributed by atoms with Crippen molar-refractivity contribution in [1.29, 1.82) is 0 Å². The van der Waals surface area contributed by atoms with E-state index < -0.39 is 39.1 Å². The Labute approximate surface area is 117 Å². The molecule has 0 saturated carbocycles. The fraction of sp³-hybridized carbons (Fsp3) is 0.538. The van der Waals surface area contributed by atoms with Gasteiger partial charge in [-0.1, -0.05) is 26.3 Å². The lowest BCUT2D eigenvalue weighted by Gasteiger charge is -2.17. The Morgan fingerprint density at radius 1 is 1.30 bits per heavy atom. The third-order valence-corrected chi connectivity index (χ3v) is 4.48. The highest BCUT2D eigenvalue weighted by Crippen LogP contribution is 2.15. The third-order valence-electron chi connectivity index (χ3n) is 3.21. The van der Waals surface area contributed by atoms with Crippen LogP contribution in [0.15, 0.2) is 18.2 Å². The number of sulfonamides is 1. The fourth-order valence-electron chi connectivity index (χ4n) is 1.60. The molecule has 0 aliphatic carbocycles. The van der Waals surface area contributed by atoms with Crippen molar-refractivity contribution >= 4 is 10.0 Å². The molecule has 2 atom stereocenters. The molecule has 0 aliphatic heterocycles. The fourth-order valence-corrected chi connectivity index (χ4v) is 2.78. The number of aliphatic hydroxyl groups is 1. The second-order valence-electron chi connectivity index (χ2n) is 4.76. The predicted molar refractivity (Wildman–Crippen MR) is 72.4 cm³/mol. The molecule has 114 valence electrons. The van der Waals surface area contributed by atoms with Gasteiger partial charge in [0.2, 0.25) is 10.0 Å². The van der Waals surface area contributed by atoms with E-state index in [0.29, 0.717) is 6.42 Å². The van der Waals surface area contributed by atoms with Gasteiger partial charge >= 0.3 is 0 Å². The van der Waals surface area contributed by atoms with Crippen LogP contribution >= 0.6 is 0 Å². The van der Waals surface area contributed by atoms with Crippen molar-refractivity contribution in [3.8, 4) is 0 Å². The molecular formula is C13H19F2NO3S. The highest BCUT2D eigenvalue weighted by molar-refractivity contribution is 7.88. The van der Waals surface area contributed by atoms with Gasteiger partial charge in [0.15, 0.2) is 0 Å².